The molecule has 3 N–H and O–H groups in total. The molecule has 5 heteroatoms. The van der Waals surface area contributed by atoms with Gasteiger partial charge in [0.25, 0.3) is 0 Å². The summed E-state index contributed by atoms with van der Waals surface area (Å²) in [6.07, 6.45) is 2.38. The Kier molecular flexibility index (Phi) is 4.30. The van der Waals surface area contributed by atoms with Gasteiger partial charge in [-0.25, -0.2) is 4.98 Å². The smallest absolute Gasteiger partial charge is 0.112 e. The van der Waals surface area contributed by atoms with Crippen molar-refractivity contribution < 1.29 is 0 Å². The van der Waals surface area contributed by atoms with Gasteiger partial charge >= 0.3 is 0 Å². The van der Waals surface area contributed by atoms with E-state index in [4.69, 9.17) is 11.1 Å². The van der Waals surface area contributed by atoms with Gasteiger partial charge in [-0.1, -0.05) is 18.2 Å². The molecule has 0 radical (unpaired) electrons. The van der Waals surface area contributed by atoms with Gasteiger partial charge < -0.3 is 10.6 Å². The number of nitrogens with one attached hydrogen (secondary N) is 1. The molecule has 2 rings (SSSR count). The number of aromatic nitrogens is 1. The Morgan fingerprint density at radius 1 is 1.33 bits per heavy atom. The molecular formula is C13H16N4S. The highest BCUT2D eigenvalue weighted by Gasteiger charge is 2.08. The van der Waals surface area contributed by atoms with Crippen molar-refractivity contribution >= 4 is 22.9 Å². The van der Waals surface area contributed by atoms with Crippen LogP contribution in [0.25, 0.3) is 0 Å². The molecule has 1 heterocycles. The average molecular weight is 260 g/mol. The van der Waals surface area contributed by atoms with Crippen LogP contribution >= 0.6 is 11.3 Å². The zero-order chi connectivity index (χ0) is 12.8. The number of hydrogen-bond acceptors (Lipinski definition) is 4. The summed E-state index contributed by atoms with van der Waals surface area (Å²) in [7, 11) is 0. The van der Waals surface area contributed by atoms with Gasteiger partial charge in [0.2, 0.25) is 0 Å². The molecule has 1 aromatic heterocycles. The minimum absolute atomic E-state index is 0.218. The molecule has 0 saturated heterocycles. The van der Waals surface area contributed by atoms with Crippen molar-refractivity contribution in [3.8, 4) is 0 Å². The van der Waals surface area contributed by atoms with Crippen LogP contribution in [0, 0.1) is 5.41 Å². The number of anilines is 1. The Hall–Kier alpha value is -1.88. The molecule has 0 amide bonds. The Morgan fingerprint density at radius 3 is 2.72 bits per heavy atom. The van der Waals surface area contributed by atoms with E-state index in [1.165, 1.54) is 0 Å². The third kappa shape index (κ3) is 3.56. The van der Waals surface area contributed by atoms with Crippen LogP contribution < -0.4 is 10.6 Å². The van der Waals surface area contributed by atoms with Gasteiger partial charge in [-0.3, -0.25) is 5.41 Å². The Labute approximate surface area is 111 Å². The van der Waals surface area contributed by atoms with Gasteiger partial charge in [0.15, 0.2) is 0 Å². The maximum absolute atomic E-state index is 7.34. The first kappa shape index (κ1) is 12.6. The van der Waals surface area contributed by atoms with Crippen LogP contribution in [-0.2, 0) is 6.54 Å². The van der Waals surface area contributed by atoms with Crippen LogP contribution in [0.2, 0.25) is 0 Å². The molecule has 4 nitrogen and oxygen atoms in total. The van der Waals surface area contributed by atoms with E-state index in [9.17, 15) is 0 Å². The number of thiazole rings is 1. The molecule has 0 aliphatic heterocycles. The molecule has 0 aliphatic rings. The second-order valence-electron chi connectivity index (χ2n) is 3.96. The van der Waals surface area contributed by atoms with Crippen LogP contribution in [0.3, 0.4) is 0 Å². The summed E-state index contributed by atoms with van der Waals surface area (Å²) < 4.78 is 0. The molecule has 0 fully saturated rings. The standard InChI is InChI=1S/C13H16N4S/c14-12(15)6-8-17(10-13-16-7-9-18-13)11-4-2-1-3-5-11/h1-5,7,9H,6,8,10H2,(H3,14,15). The zero-order valence-electron chi connectivity index (χ0n) is 10.0. The fourth-order valence-electron chi connectivity index (χ4n) is 1.69. The van der Waals surface area contributed by atoms with E-state index in [1.807, 2.05) is 29.8 Å². The maximum Gasteiger partial charge on any atom is 0.112 e. The summed E-state index contributed by atoms with van der Waals surface area (Å²) in [6, 6.07) is 10.1. The predicted octanol–water partition coefficient (Wildman–Crippen LogP) is 2.48. The molecule has 0 unspecified atom stereocenters. The average Bonchev–Trinajstić information content (AvgIpc) is 2.88. The van der Waals surface area contributed by atoms with E-state index < -0.39 is 0 Å². The highest BCUT2D eigenvalue weighted by Crippen LogP contribution is 2.18. The third-order valence-electron chi connectivity index (χ3n) is 2.58. The van der Waals surface area contributed by atoms with Crippen LogP contribution in [0.15, 0.2) is 41.9 Å². The molecular weight excluding hydrogens is 244 g/mol. The molecule has 0 bridgehead atoms. The minimum atomic E-state index is 0.218. The van der Waals surface area contributed by atoms with E-state index in [0.717, 1.165) is 23.8 Å². The topological polar surface area (TPSA) is 66.0 Å². The van der Waals surface area contributed by atoms with E-state index in [1.54, 1.807) is 11.3 Å². The van der Waals surface area contributed by atoms with Crippen molar-refractivity contribution in [2.45, 2.75) is 13.0 Å². The van der Waals surface area contributed by atoms with Crippen molar-refractivity contribution in [1.29, 1.82) is 5.41 Å². The number of amidine groups is 1. The lowest BCUT2D eigenvalue weighted by atomic mass is 10.2. The number of hydrogen-bond donors (Lipinski definition) is 2. The van der Waals surface area contributed by atoms with Crippen molar-refractivity contribution in [3.05, 3.63) is 46.9 Å². The van der Waals surface area contributed by atoms with Crippen LogP contribution in [-0.4, -0.2) is 17.4 Å². The first-order chi connectivity index (χ1) is 8.75. The van der Waals surface area contributed by atoms with E-state index in [-0.39, 0.29) is 5.84 Å². The molecule has 1 aromatic carbocycles. The van der Waals surface area contributed by atoms with Gasteiger partial charge in [0, 0.05) is 30.2 Å². The monoisotopic (exact) mass is 260 g/mol. The molecule has 94 valence electrons. The maximum atomic E-state index is 7.34. The highest BCUT2D eigenvalue weighted by atomic mass is 32.1. The summed E-state index contributed by atoms with van der Waals surface area (Å²) in [6.45, 7) is 1.49. The fourth-order valence-corrected chi connectivity index (χ4v) is 2.32. The van der Waals surface area contributed by atoms with Crippen LogP contribution in [0.4, 0.5) is 5.69 Å². The van der Waals surface area contributed by atoms with Crippen molar-refractivity contribution in [1.82, 2.24) is 4.98 Å². The molecule has 18 heavy (non-hydrogen) atoms. The normalized spacial score (nSPS) is 10.2. The first-order valence-electron chi connectivity index (χ1n) is 5.77. The Balaban J connectivity index is 2.10. The van der Waals surface area contributed by atoms with Crippen LogP contribution in [0.5, 0.6) is 0 Å². The summed E-state index contributed by atoms with van der Waals surface area (Å²) in [5.41, 5.74) is 6.57. The van der Waals surface area contributed by atoms with Gasteiger partial charge in [-0.2, -0.15) is 0 Å². The van der Waals surface area contributed by atoms with E-state index >= 15 is 0 Å². The quantitative estimate of drug-likeness (QED) is 0.619. The molecule has 0 spiro atoms. The number of para-hydroxylation sites is 1. The largest absolute Gasteiger partial charge is 0.388 e. The van der Waals surface area contributed by atoms with Crippen molar-refractivity contribution in [2.75, 3.05) is 11.4 Å². The van der Waals surface area contributed by atoms with E-state index in [2.05, 4.69) is 22.0 Å². The van der Waals surface area contributed by atoms with Gasteiger partial charge in [0.1, 0.15) is 5.01 Å². The number of benzene rings is 1. The summed E-state index contributed by atoms with van der Waals surface area (Å²) in [4.78, 5) is 6.50. The predicted molar refractivity (Wildman–Crippen MR) is 76.1 cm³/mol. The second-order valence-corrected chi connectivity index (χ2v) is 4.94. The fraction of sp³-hybridized carbons (Fsp3) is 0.231. The molecule has 0 saturated carbocycles. The lowest BCUT2D eigenvalue weighted by molar-refractivity contribution is 0.797. The highest BCUT2D eigenvalue weighted by molar-refractivity contribution is 7.09. The van der Waals surface area contributed by atoms with Crippen LogP contribution in [0.1, 0.15) is 11.4 Å². The molecule has 0 atom stereocenters. The van der Waals surface area contributed by atoms with Crippen molar-refractivity contribution in [3.63, 3.8) is 0 Å². The first-order valence-corrected chi connectivity index (χ1v) is 6.65. The summed E-state index contributed by atoms with van der Waals surface area (Å²) >= 11 is 1.64. The SMILES string of the molecule is N=C(N)CCN(Cc1nccs1)c1ccccc1. The number of nitrogens with two attached hydrogens (primary N) is 1. The van der Waals surface area contributed by atoms with E-state index in [0.29, 0.717) is 6.42 Å². The lowest BCUT2D eigenvalue weighted by Crippen LogP contribution is -2.27. The third-order valence-corrected chi connectivity index (χ3v) is 3.35. The van der Waals surface area contributed by atoms with Crippen molar-refractivity contribution in [2.24, 2.45) is 5.73 Å². The second kappa shape index (κ2) is 6.16. The lowest BCUT2D eigenvalue weighted by Gasteiger charge is -2.23. The summed E-state index contributed by atoms with van der Waals surface area (Å²) in [5.74, 6) is 0.218. The molecule has 0 aliphatic carbocycles. The van der Waals surface area contributed by atoms with Gasteiger partial charge in [0.05, 0.1) is 12.4 Å². The minimum Gasteiger partial charge on any atom is -0.388 e. The Morgan fingerprint density at radius 2 is 2.11 bits per heavy atom. The number of rotatable bonds is 6. The molecule has 2 aromatic rings. The number of nitrogens with zero attached hydrogens (tertiary/aromatic N) is 2. The Bertz CT molecular complexity index is 481. The van der Waals surface area contributed by atoms with Gasteiger partial charge in [-0.15, -0.1) is 11.3 Å². The zero-order valence-corrected chi connectivity index (χ0v) is 10.9. The van der Waals surface area contributed by atoms with Gasteiger partial charge in [-0.05, 0) is 12.1 Å². The summed E-state index contributed by atoms with van der Waals surface area (Å²) in [5, 5.41) is 10.4.